The van der Waals surface area contributed by atoms with Crippen molar-refractivity contribution in [1.29, 1.82) is 0 Å². The normalized spacial score (nSPS) is 20.2. The quantitative estimate of drug-likeness (QED) is 0.802. The number of nitrogens with zero attached hydrogens (tertiary/aromatic N) is 2. The maximum Gasteiger partial charge on any atom is 0.231 e. The van der Waals surface area contributed by atoms with Gasteiger partial charge < -0.3 is 24.2 Å². The SMILES string of the molecule is CN1CCN(Cc2c(O)ccc3c2O/C(=C/c2ccc4c(c2)OCO4)C3=O)CC1. The second kappa shape index (κ2) is 7.09. The first kappa shape index (κ1) is 18.0. The smallest absolute Gasteiger partial charge is 0.231 e. The second-order valence-corrected chi connectivity index (χ2v) is 7.57. The Balaban J connectivity index is 1.43. The number of phenolic OH excluding ortho intramolecular Hbond substituents is 1. The molecule has 29 heavy (non-hydrogen) atoms. The summed E-state index contributed by atoms with van der Waals surface area (Å²) in [5.41, 5.74) is 1.93. The Morgan fingerprint density at radius 1 is 1.07 bits per heavy atom. The minimum atomic E-state index is -0.183. The van der Waals surface area contributed by atoms with Gasteiger partial charge in [0, 0.05) is 32.7 Å². The zero-order chi connectivity index (χ0) is 20.0. The lowest BCUT2D eigenvalue weighted by Crippen LogP contribution is -2.43. The number of benzene rings is 2. The largest absolute Gasteiger partial charge is 0.507 e. The number of ketones is 1. The molecule has 0 aromatic heterocycles. The number of rotatable bonds is 3. The Morgan fingerprint density at radius 2 is 1.86 bits per heavy atom. The zero-order valence-corrected chi connectivity index (χ0v) is 16.2. The monoisotopic (exact) mass is 394 g/mol. The standard InChI is InChI=1S/C22H22N2O5/c1-23-6-8-24(9-7-23)12-16-17(25)4-3-15-21(26)20(29-22(15)16)11-14-2-5-18-19(10-14)28-13-27-18/h2-5,10-11,25H,6-9,12-13H2,1H3/b20-11+. The van der Waals surface area contributed by atoms with Gasteiger partial charge in [0.25, 0.3) is 0 Å². The number of carbonyl (C=O) groups excluding carboxylic acids is 1. The van der Waals surface area contributed by atoms with Crippen LogP contribution in [0.5, 0.6) is 23.0 Å². The predicted octanol–water partition coefficient (Wildman–Crippen LogP) is 2.48. The number of fused-ring (bicyclic) bond motifs is 2. The van der Waals surface area contributed by atoms with Crippen molar-refractivity contribution in [2.24, 2.45) is 0 Å². The maximum atomic E-state index is 12.9. The van der Waals surface area contributed by atoms with E-state index < -0.39 is 0 Å². The third kappa shape index (κ3) is 3.32. The van der Waals surface area contributed by atoms with Crippen LogP contribution in [0.25, 0.3) is 6.08 Å². The minimum Gasteiger partial charge on any atom is -0.507 e. The third-order valence-corrected chi connectivity index (χ3v) is 5.59. The number of likely N-dealkylation sites (N-methyl/N-ethyl adjacent to an activating group) is 1. The van der Waals surface area contributed by atoms with Crippen molar-refractivity contribution in [1.82, 2.24) is 9.80 Å². The zero-order valence-electron chi connectivity index (χ0n) is 16.2. The maximum absolute atomic E-state index is 12.9. The van der Waals surface area contributed by atoms with E-state index in [-0.39, 0.29) is 24.1 Å². The molecule has 7 nitrogen and oxygen atoms in total. The molecule has 0 amide bonds. The van der Waals surface area contributed by atoms with Gasteiger partial charge in [-0.3, -0.25) is 9.69 Å². The van der Waals surface area contributed by atoms with Gasteiger partial charge >= 0.3 is 0 Å². The van der Waals surface area contributed by atoms with Gasteiger partial charge in [0.15, 0.2) is 17.3 Å². The summed E-state index contributed by atoms with van der Waals surface area (Å²) in [5, 5.41) is 10.4. The molecule has 0 spiro atoms. The van der Waals surface area contributed by atoms with E-state index in [4.69, 9.17) is 14.2 Å². The van der Waals surface area contributed by atoms with Crippen molar-refractivity contribution in [3.8, 4) is 23.0 Å². The molecule has 0 saturated carbocycles. The van der Waals surface area contributed by atoms with Crippen LogP contribution in [-0.2, 0) is 6.54 Å². The summed E-state index contributed by atoms with van der Waals surface area (Å²) in [6, 6.07) is 8.68. The Morgan fingerprint density at radius 3 is 2.69 bits per heavy atom. The van der Waals surface area contributed by atoms with Crippen molar-refractivity contribution in [3.05, 3.63) is 52.8 Å². The van der Waals surface area contributed by atoms with E-state index in [0.717, 1.165) is 31.7 Å². The van der Waals surface area contributed by atoms with Gasteiger partial charge in [0.2, 0.25) is 12.6 Å². The fraction of sp³-hybridized carbons (Fsp3) is 0.318. The number of Topliss-reactive ketones (excluding diaryl/α,β-unsaturated/α-hetero) is 1. The molecule has 7 heteroatoms. The Bertz CT molecular complexity index is 1010. The molecule has 150 valence electrons. The summed E-state index contributed by atoms with van der Waals surface area (Å²) in [6.45, 7) is 4.52. The molecule has 1 saturated heterocycles. The summed E-state index contributed by atoms with van der Waals surface area (Å²) in [4.78, 5) is 17.4. The molecule has 3 heterocycles. The predicted molar refractivity (Wildman–Crippen MR) is 106 cm³/mol. The van der Waals surface area contributed by atoms with E-state index in [1.807, 2.05) is 18.2 Å². The highest BCUT2D eigenvalue weighted by molar-refractivity contribution is 6.15. The minimum absolute atomic E-state index is 0.153. The second-order valence-electron chi connectivity index (χ2n) is 7.57. The van der Waals surface area contributed by atoms with Gasteiger partial charge in [-0.1, -0.05) is 6.07 Å². The molecule has 0 unspecified atom stereocenters. The van der Waals surface area contributed by atoms with Gasteiger partial charge in [-0.05, 0) is 43.0 Å². The molecule has 2 aromatic rings. The highest BCUT2D eigenvalue weighted by Crippen LogP contribution is 2.41. The van der Waals surface area contributed by atoms with Crippen molar-refractivity contribution < 1.29 is 24.1 Å². The number of hydrogen-bond acceptors (Lipinski definition) is 7. The molecule has 2 aromatic carbocycles. The molecule has 0 radical (unpaired) electrons. The average molecular weight is 394 g/mol. The summed E-state index contributed by atoms with van der Waals surface area (Å²) < 4.78 is 16.7. The van der Waals surface area contributed by atoms with Gasteiger partial charge in [0.05, 0.1) is 11.1 Å². The molecular formula is C22H22N2O5. The van der Waals surface area contributed by atoms with Crippen molar-refractivity contribution in [2.75, 3.05) is 40.0 Å². The van der Waals surface area contributed by atoms with E-state index in [2.05, 4.69) is 16.8 Å². The van der Waals surface area contributed by atoms with E-state index in [9.17, 15) is 9.90 Å². The molecule has 1 fully saturated rings. The first-order valence-electron chi connectivity index (χ1n) is 9.68. The molecule has 3 aliphatic rings. The molecule has 1 N–H and O–H groups in total. The van der Waals surface area contributed by atoms with Crippen LogP contribution in [0, 0.1) is 0 Å². The lowest BCUT2D eigenvalue weighted by atomic mass is 10.0. The summed E-state index contributed by atoms with van der Waals surface area (Å²) >= 11 is 0. The Kier molecular flexibility index (Phi) is 4.41. The van der Waals surface area contributed by atoms with Crippen molar-refractivity contribution in [3.63, 3.8) is 0 Å². The van der Waals surface area contributed by atoms with Gasteiger partial charge in [-0.2, -0.15) is 0 Å². The highest BCUT2D eigenvalue weighted by atomic mass is 16.7. The number of ether oxygens (including phenoxy) is 3. The summed E-state index contributed by atoms with van der Waals surface area (Å²) in [5.74, 6) is 2.01. The van der Waals surface area contributed by atoms with Gasteiger partial charge in [-0.25, -0.2) is 0 Å². The molecule has 0 atom stereocenters. The molecule has 5 rings (SSSR count). The number of hydrogen-bond donors (Lipinski definition) is 1. The van der Waals surface area contributed by atoms with Crippen LogP contribution in [0.1, 0.15) is 21.5 Å². The average Bonchev–Trinajstić information content (AvgIpc) is 3.30. The lowest BCUT2D eigenvalue weighted by molar-refractivity contribution is 0.101. The number of carbonyl (C=O) groups is 1. The van der Waals surface area contributed by atoms with Crippen molar-refractivity contribution in [2.45, 2.75) is 6.54 Å². The van der Waals surface area contributed by atoms with Crippen LogP contribution in [0.2, 0.25) is 0 Å². The molecule has 0 aliphatic carbocycles. The van der Waals surface area contributed by atoms with Gasteiger partial charge in [-0.15, -0.1) is 0 Å². The van der Waals surface area contributed by atoms with Crippen LogP contribution >= 0.6 is 0 Å². The first-order chi connectivity index (χ1) is 14.1. The third-order valence-electron chi connectivity index (χ3n) is 5.59. The number of phenols is 1. The van der Waals surface area contributed by atoms with E-state index in [0.29, 0.717) is 34.9 Å². The fourth-order valence-electron chi connectivity index (χ4n) is 3.83. The van der Waals surface area contributed by atoms with Crippen LogP contribution < -0.4 is 14.2 Å². The molecule has 3 aliphatic heterocycles. The number of aromatic hydroxyl groups is 1. The van der Waals surface area contributed by atoms with E-state index in [1.54, 1.807) is 18.2 Å². The number of piperazine rings is 1. The van der Waals surface area contributed by atoms with Crippen LogP contribution in [0.4, 0.5) is 0 Å². The van der Waals surface area contributed by atoms with E-state index >= 15 is 0 Å². The highest BCUT2D eigenvalue weighted by Gasteiger charge is 2.32. The molecule has 0 bridgehead atoms. The number of allylic oxidation sites excluding steroid dienone is 1. The fourth-order valence-corrected chi connectivity index (χ4v) is 3.83. The Labute approximate surface area is 168 Å². The van der Waals surface area contributed by atoms with Crippen molar-refractivity contribution >= 4 is 11.9 Å². The molecular weight excluding hydrogens is 372 g/mol. The lowest BCUT2D eigenvalue weighted by Gasteiger charge is -2.32. The topological polar surface area (TPSA) is 71.5 Å². The summed E-state index contributed by atoms with van der Waals surface area (Å²) in [7, 11) is 2.10. The first-order valence-corrected chi connectivity index (χ1v) is 9.68. The summed E-state index contributed by atoms with van der Waals surface area (Å²) in [6.07, 6.45) is 1.70. The van der Waals surface area contributed by atoms with Crippen LogP contribution in [-0.4, -0.2) is 60.7 Å². The van der Waals surface area contributed by atoms with E-state index in [1.165, 1.54) is 0 Å². The Hall–Kier alpha value is -3.03. The van der Waals surface area contributed by atoms with Gasteiger partial charge in [0.1, 0.15) is 11.5 Å². The van der Waals surface area contributed by atoms with Crippen LogP contribution in [0.15, 0.2) is 36.1 Å². The van der Waals surface area contributed by atoms with Crippen LogP contribution in [0.3, 0.4) is 0 Å².